The van der Waals surface area contributed by atoms with Crippen molar-refractivity contribution < 1.29 is 0 Å². The number of hydrogen-bond donors (Lipinski definition) is 4. The fraction of sp³-hybridized carbons (Fsp3) is 0.303. The summed E-state index contributed by atoms with van der Waals surface area (Å²) in [4.78, 5) is 67.0. The van der Waals surface area contributed by atoms with Gasteiger partial charge in [-0.1, -0.05) is 0 Å². The Morgan fingerprint density at radius 2 is 1.24 bits per heavy atom. The second-order valence-electron chi connectivity index (χ2n) is 12.8. The van der Waals surface area contributed by atoms with Crippen LogP contribution in [0, 0.1) is 41.5 Å². The molecule has 1 unspecified atom stereocenters. The molecule has 5 aliphatic rings. The first-order chi connectivity index (χ1) is 23.4. The van der Waals surface area contributed by atoms with E-state index >= 15 is 0 Å². The molecule has 0 spiro atoms. The summed E-state index contributed by atoms with van der Waals surface area (Å²) in [5, 5.41) is 3.47. The first kappa shape index (κ1) is 29.0. The van der Waals surface area contributed by atoms with E-state index in [1.807, 2.05) is 55.5 Å². The molecule has 4 N–H and O–H groups in total. The van der Waals surface area contributed by atoms with E-state index in [-0.39, 0.29) is 6.04 Å². The molecule has 0 saturated carbocycles. The van der Waals surface area contributed by atoms with E-state index in [0.29, 0.717) is 85.1 Å². The molecule has 4 aromatic heterocycles. The number of likely N-dealkylation sites (N-methyl/N-ethyl adjacent to an activating group) is 1. The highest BCUT2D eigenvalue weighted by Crippen LogP contribution is 2.40. The number of amidine groups is 2. The molecule has 8 bridgehead atoms. The van der Waals surface area contributed by atoms with Gasteiger partial charge in [-0.25, -0.2) is 54.9 Å². The maximum absolute atomic E-state index is 5.08. The summed E-state index contributed by atoms with van der Waals surface area (Å²) in [5.41, 5.74) is 11.7. The number of anilines is 2. The Labute approximate surface area is 278 Å². The molecule has 16 heteroatoms. The van der Waals surface area contributed by atoms with Gasteiger partial charge in [-0.05, 0) is 55.4 Å². The van der Waals surface area contributed by atoms with Gasteiger partial charge in [0.15, 0.2) is 40.1 Å². The minimum atomic E-state index is 0.0175. The molecule has 9 heterocycles. The summed E-state index contributed by atoms with van der Waals surface area (Å²) in [6.45, 7) is 15.7. The average Bonchev–Trinajstić information content (AvgIpc) is 3.76. The Morgan fingerprint density at radius 1 is 0.592 bits per heavy atom. The molecule has 0 fully saturated rings. The molecule has 49 heavy (non-hydrogen) atoms. The van der Waals surface area contributed by atoms with E-state index in [1.165, 1.54) is 0 Å². The van der Waals surface area contributed by atoms with Gasteiger partial charge in [-0.3, -0.25) is 0 Å². The fourth-order valence-corrected chi connectivity index (χ4v) is 6.22. The maximum atomic E-state index is 5.08. The number of aryl methyl sites for hydroxylation is 6. The van der Waals surface area contributed by atoms with Crippen LogP contribution in [0.5, 0.6) is 0 Å². The van der Waals surface area contributed by atoms with Gasteiger partial charge in [0.1, 0.15) is 50.7 Å². The van der Waals surface area contributed by atoms with Crippen molar-refractivity contribution in [2.24, 2.45) is 25.0 Å². The lowest BCUT2D eigenvalue weighted by atomic mass is 10.1. The third-order valence-electron chi connectivity index (χ3n) is 9.62. The van der Waals surface area contributed by atoms with E-state index in [4.69, 9.17) is 54.9 Å². The van der Waals surface area contributed by atoms with Crippen LogP contribution in [0.3, 0.4) is 0 Å². The molecule has 0 radical (unpaired) electrons. The van der Waals surface area contributed by atoms with E-state index in [2.05, 4.69) is 32.1 Å². The number of aromatic amines is 3. The summed E-state index contributed by atoms with van der Waals surface area (Å²) in [6.07, 6.45) is 0. The Balaban J connectivity index is 1.43. The number of hydrogen-bond acceptors (Lipinski definition) is 13. The van der Waals surface area contributed by atoms with Crippen LogP contribution in [0.4, 0.5) is 23.3 Å². The number of nitrogens with one attached hydrogen (secondary N) is 4. The lowest BCUT2D eigenvalue weighted by Gasteiger charge is -2.31. The van der Waals surface area contributed by atoms with Crippen LogP contribution in [0.2, 0.25) is 0 Å². The average molecular weight is 653 g/mol. The lowest BCUT2D eigenvalue weighted by molar-refractivity contribution is 0.399. The molecular formula is C33H32N16. The van der Waals surface area contributed by atoms with Gasteiger partial charge in [-0.2, -0.15) is 0 Å². The van der Waals surface area contributed by atoms with E-state index in [0.717, 1.165) is 45.6 Å². The highest BCUT2D eigenvalue weighted by molar-refractivity contribution is 6.23. The normalized spacial score (nSPS) is 17.2. The van der Waals surface area contributed by atoms with Crippen LogP contribution in [0.1, 0.15) is 48.0 Å². The minimum Gasteiger partial charge on any atom is -0.362 e. The number of aliphatic imine (C=N–C) groups is 3. The SMILES string of the molecule is CC1=NC2=C(C3=NC2=Nc2[nH]c(c4nc(C)c(C)nc24)Nc2nc(c4nc(C)c(C)[nH]c2-4)N=c2[nH]c(c4nc(C)c(C)nc24)=N3)N(C)C1C. The highest BCUT2D eigenvalue weighted by Gasteiger charge is 2.35. The summed E-state index contributed by atoms with van der Waals surface area (Å²) in [6, 6.07) is 0.0175. The molecule has 4 aromatic rings. The number of nitrogens with zero attached hydrogens (tertiary/aromatic N) is 12. The summed E-state index contributed by atoms with van der Waals surface area (Å²) in [7, 11) is 2.01. The fourth-order valence-electron chi connectivity index (χ4n) is 6.22. The quantitative estimate of drug-likeness (QED) is 0.188. The number of H-pyrrole nitrogens is 3. The first-order valence-electron chi connectivity index (χ1n) is 16.0. The van der Waals surface area contributed by atoms with Crippen LogP contribution >= 0.6 is 0 Å². The predicted molar refractivity (Wildman–Crippen MR) is 186 cm³/mol. The largest absolute Gasteiger partial charge is 0.362 e. The standard InChI is InChI=1S/C33H32N16/c1-10-11(2)35-19-18(34-10)26-41-27(19)43-29-22-23(39-15(6)14(5)38-22)31(45-29)47-33-25-24(40-16(7)17(8)49(25)9)32(48-33)46-30-21-20(28(42-26)44-30)36-12(3)13(4)37-21/h17,34,42,44H,1-9H3,(H,41,43,45,46,47,48). The highest BCUT2D eigenvalue weighted by atomic mass is 15.3. The van der Waals surface area contributed by atoms with Crippen molar-refractivity contribution in [2.45, 2.75) is 61.4 Å². The van der Waals surface area contributed by atoms with Gasteiger partial charge in [0.05, 0.1) is 34.5 Å². The van der Waals surface area contributed by atoms with Crippen molar-refractivity contribution in [3.05, 3.63) is 56.5 Å². The van der Waals surface area contributed by atoms with Crippen LogP contribution in [0.25, 0.3) is 33.5 Å². The first-order valence-corrected chi connectivity index (χ1v) is 16.0. The Hall–Kier alpha value is -6.19. The number of aromatic nitrogens is 9. The predicted octanol–water partition coefficient (Wildman–Crippen LogP) is 4.08. The molecule has 16 nitrogen and oxygen atoms in total. The number of rotatable bonds is 0. The van der Waals surface area contributed by atoms with E-state index in [1.54, 1.807) is 0 Å². The van der Waals surface area contributed by atoms with Gasteiger partial charge in [0.2, 0.25) is 0 Å². The molecule has 5 aliphatic heterocycles. The van der Waals surface area contributed by atoms with Crippen LogP contribution in [0.15, 0.2) is 36.4 Å². The monoisotopic (exact) mass is 652 g/mol. The zero-order chi connectivity index (χ0) is 34.0. The van der Waals surface area contributed by atoms with Crippen molar-refractivity contribution in [2.75, 3.05) is 12.4 Å². The molecule has 1 atom stereocenters. The smallest absolute Gasteiger partial charge is 0.184 e. The van der Waals surface area contributed by atoms with Gasteiger partial charge in [0, 0.05) is 18.5 Å². The van der Waals surface area contributed by atoms with Gasteiger partial charge >= 0.3 is 0 Å². The van der Waals surface area contributed by atoms with E-state index in [9.17, 15) is 0 Å². The van der Waals surface area contributed by atoms with Crippen LogP contribution in [-0.2, 0) is 0 Å². The summed E-state index contributed by atoms with van der Waals surface area (Å²) >= 11 is 0. The molecule has 0 aromatic carbocycles. The van der Waals surface area contributed by atoms with Crippen molar-refractivity contribution >= 4 is 62.7 Å². The topological polar surface area (TPSA) is 202 Å². The third kappa shape index (κ3) is 4.19. The second kappa shape index (κ2) is 9.91. The van der Waals surface area contributed by atoms with Gasteiger partial charge in [-0.15, -0.1) is 0 Å². The zero-order valence-corrected chi connectivity index (χ0v) is 28.4. The summed E-state index contributed by atoms with van der Waals surface area (Å²) < 4.78 is 0. The minimum absolute atomic E-state index is 0.0175. The Bertz CT molecular complexity index is 2700. The third-order valence-corrected chi connectivity index (χ3v) is 9.62. The lowest BCUT2D eigenvalue weighted by Crippen LogP contribution is -2.39. The van der Waals surface area contributed by atoms with Crippen molar-refractivity contribution in [3.63, 3.8) is 0 Å². The van der Waals surface area contributed by atoms with Crippen molar-refractivity contribution in [1.82, 2.24) is 49.8 Å². The Morgan fingerprint density at radius 3 is 1.96 bits per heavy atom. The molecule has 0 amide bonds. The number of fused-ring (bicyclic) bond motifs is 18. The molecule has 0 aliphatic carbocycles. The van der Waals surface area contributed by atoms with Crippen molar-refractivity contribution in [1.29, 1.82) is 0 Å². The van der Waals surface area contributed by atoms with Gasteiger partial charge < -0.3 is 25.2 Å². The van der Waals surface area contributed by atoms with Crippen LogP contribution in [-0.4, -0.2) is 80.2 Å². The maximum Gasteiger partial charge on any atom is 0.184 e. The van der Waals surface area contributed by atoms with E-state index < -0.39 is 0 Å². The summed E-state index contributed by atoms with van der Waals surface area (Å²) in [5.74, 6) is 2.77. The molecule has 9 rings (SSSR count). The zero-order valence-electron chi connectivity index (χ0n) is 28.4. The second-order valence-corrected chi connectivity index (χ2v) is 12.8. The molecular weight excluding hydrogens is 620 g/mol. The van der Waals surface area contributed by atoms with Gasteiger partial charge in [0.25, 0.3) is 0 Å². The van der Waals surface area contributed by atoms with Crippen molar-refractivity contribution in [3.8, 4) is 11.4 Å². The molecule has 244 valence electrons. The molecule has 0 saturated heterocycles. The van der Waals surface area contributed by atoms with Crippen LogP contribution < -0.4 is 16.3 Å². The Kier molecular flexibility index (Phi) is 5.86.